The van der Waals surface area contributed by atoms with E-state index in [-0.39, 0.29) is 0 Å². The molecule has 3 rings (SSSR count). The number of fused-ring (bicyclic) bond motifs is 1. The molecule has 0 atom stereocenters. The third-order valence-corrected chi connectivity index (χ3v) is 3.10. The molecule has 21 heavy (non-hydrogen) atoms. The van der Waals surface area contributed by atoms with Gasteiger partial charge < -0.3 is 4.57 Å². The van der Waals surface area contributed by atoms with Crippen molar-refractivity contribution in [2.45, 2.75) is 27.7 Å². The molecule has 110 valence electrons. The van der Waals surface area contributed by atoms with Gasteiger partial charge in [0.2, 0.25) is 0 Å². The van der Waals surface area contributed by atoms with Crippen LogP contribution in [0.3, 0.4) is 0 Å². The number of para-hydroxylation sites is 1. The number of hydrogen-bond acceptors (Lipinski definition) is 0. The maximum Gasteiger partial charge on any atom is 0.0469 e. The summed E-state index contributed by atoms with van der Waals surface area (Å²) in [6.07, 6.45) is 0. The van der Waals surface area contributed by atoms with Crippen molar-refractivity contribution in [3.8, 4) is 5.69 Å². The van der Waals surface area contributed by atoms with Crippen LogP contribution in [0.25, 0.3) is 29.6 Å². The molecule has 0 radical (unpaired) electrons. The summed E-state index contributed by atoms with van der Waals surface area (Å²) < 4.78 is 2.10. The van der Waals surface area contributed by atoms with Crippen molar-refractivity contribution in [3.63, 3.8) is 0 Å². The van der Waals surface area contributed by atoms with Gasteiger partial charge in [0.25, 0.3) is 0 Å². The van der Waals surface area contributed by atoms with Gasteiger partial charge in [0.05, 0.1) is 0 Å². The molecule has 1 heteroatoms. The van der Waals surface area contributed by atoms with Gasteiger partial charge in [-0.25, -0.2) is 0 Å². The summed E-state index contributed by atoms with van der Waals surface area (Å²) in [7, 11) is 0. The smallest absolute Gasteiger partial charge is 0.0469 e. The normalized spacial score (nSPS) is 9.33. The van der Waals surface area contributed by atoms with Gasteiger partial charge >= 0.3 is 0 Å². The molecule has 0 aliphatic rings. The summed E-state index contributed by atoms with van der Waals surface area (Å²) in [4.78, 5) is 0. The zero-order valence-electron chi connectivity index (χ0n) is 13.6. The third-order valence-electron chi connectivity index (χ3n) is 3.10. The van der Waals surface area contributed by atoms with Crippen LogP contribution in [-0.4, -0.2) is 4.57 Å². The molecule has 3 aromatic rings. The van der Waals surface area contributed by atoms with Gasteiger partial charge in [-0.1, -0.05) is 83.3 Å². The average Bonchev–Trinajstić information content (AvgIpc) is 2.84. The number of rotatable bonds is 1. The molecule has 0 bridgehead atoms. The average molecular weight is 279 g/mol. The summed E-state index contributed by atoms with van der Waals surface area (Å²) in [6, 6.07) is 18.5. The number of benzene rings is 2. The largest absolute Gasteiger partial charge is 0.310 e. The second-order valence-electron chi connectivity index (χ2n) is 4.11. The molecule has 0 saturated heterocycles. The summed E-state index contributed by atoms with van der Waals surface area (Å²) in [5.41, 5.74) is 1.11. The quantitative estimate of drug-likeness (QED) is 0.618. The molecule has 0 N–H and O–H groups in total. The van der Waals surface area contributed by atoms with E-state index in [1.165, 1.54) is 10.8 Å². The van der Waals surface area contributed by atoms with E-state index in [0.717, 1.165) is 16.4 Å². The van der Waals surface area contributed by atoms with Crippen LogP contribution < -0.4 is 10.7 Å². The first-order chi connectivity index (χ1) is 10.3. The van der Waals surface area contributed by atoms with E-state index in [1.807, 2.05) is 58.0 Å². The lowest BCUT2D eigenvalue weighted by Gasteiger charge is -2.03. The monoisotopic (exact) mass is 279 g/mol. The highest BCUT2D eigenvalue weighted by molar-refractivity contribution is 5.84. The Kier molecular flexibility index (Phi) is 6.48. The van der Waals surface area contributed by atoms with Crippen molar-refractivity contribution < 1.29 is 0 Å². The van der Waals surface area contributed by atoms with Crippen LogP contribution in [0.2, 0.25) is 0 Å². The highest BCUT2D eigenvalue weighted by atomic mass is 15.0. The van der Waals surface area contributed by atoms with Crippen LogP contribution in [0.1, 0.15) is 27.7 Å². The molecule has 1 heterocycles. The minimum Gasteiger partial charge on any atom is -0.310 e. The maximum absolute atomic E-state index is 4.17. The molecule has 0 fully saturated rings. The molecule has 1 aromatic heterocycles. The molecule has 0 unspecified atom stereocenters. The standard InChI is InChI=1S/C16H13N.2C2H6/c1-12-15-10-6-7-11-16(15)13(2)17(12)14-8-4-3-5-9-14;2*1-2/h3-11H,1-2H2;2*1-2H3. The van der Waals surface area contributed by atoms with Crippen molar-refractivity contribution in [1.29, 1.82) is 0 Å². The van der Waals surface area contributed by atoms with Crippen LogP contribution in [0.4, 0.5) is 0 Å². The van der Waals surface area contributed by atoms with Crippen LogP contribution in [0.5, 0.6) is 0 Å². The Balaban J connectivity index is 0.000000510. The van der Waals surface area contributed by atoms with Crippen LogP contribution in [0.15, 0.2) is 54.6 Å². The summed E-state index contributed by atoms with van der Waals surface area (Å²) in [5, 5.41) is 4.33. The van der Waals surface area contributed by atoms with Crippen molar-refractivity contribution in [3.05, 3.63) is 65.3 Å². The van der Waals surface area contributed by atoms with E-state index < -0.39 is 0 Å². The van der Waals surface area contributed by atoms with E-state index in [0.29, 0.717) is 0 Å². The molecule has 1 nitrogen and oxygen atoms in total. The predicted octanol–water partition coefficient (Wildman–Crippen LogP) is 4.50. The molecule has 0 spiro atoms. The van der Waals surface area contributed by atoms with Gasteiger partial charge in [-0.05, 0) is 12.1 Å². The highest BCUT2D eigenvalue weighted by Gasteiger charge is 2.04. The lowest BCUT2D eigenvalue weighted by molar-refractivity contribution is 1.01. The molecule has 0 aliphatic heterocycles. The maximum atomic E-state index is 4.17. The van der Waals surface area contributed by atoms with Gasteiger partial charge in [-0.3, -0.25) is 0 Å². The number of aromatic nitrogens is 1. The van der Waals surface area contributed by atoms with Crippen LogP contribution >= 0.6 is 0 Å². The molecular weight excluding hydrogens is 254 g/mol. The second kappa shape index (κ2) is 8.11. The Morgan fingerprint density at radius 1 is 0.619 bits per heavy atom. The van der Waals surface area contributed by atoms with Crippen molar-refractivity contribution >= 4 is 23.9 Å². The van der Waals surface area contributed by atoms with Crippen molar-refractivity contribution in [2.75, 3.05) is 0 Å². The Hall–Kier alpha value is -2.28. The molecule has 0 saturated carbocycles. The molecular formula is C20H25N. The molecule has 0 amide bonds. The Bertz CT molecular complexity index is 720. The first-order valence-corrected chi connectivity index (χ1v) is 7.62. The van der Waals surface area contributed by atoms with Gasteiger partial charge in [-0.15, -0.1) is 0 Å². The minimum absolute atomic E-state index is 0.997. The summed E-state index contributed by atoms with van der Waals surface area (Å²) in [6.45, 7) is 16.3. The third kappa shape index (κ3) is 3.25. The molecule has 2 aromatic carbocycles. The van der Waals surface area contributed by atoms with E-state index in [1.54, 1.807) is 0 Å². The van der Waals surface area contributed by atoms with E-state index in [4.69, 9.17) is 0 Å². The Labute approximate surface area is 127 Å². The van der Waals surface area contributed by atoms with Gasteiger partial charge in [0.1, 0.15) is 0 Å². The second-order valence-corrected chi connectivity index (χ2v) is 4.11. The van der Waals surface area contributed by atoms with Crippen LogP contribution in [-0.2, 0) is 0 Å². The fourth-order valence-electron chi connectivity index (χ4n) is 2.28. The minimum atomic E-state index is 0.997. The SMILES string of the molecule is C=c1c2ccccc2c(=C)n1-c1ccccc1.CC.CC. The topological polar surface area (TPSA) is 4.93 Å². The highest BCUT2D eigenvalue weighted by Crippen LogP contribution is 2.08. The van der Waals surface area contributed by atoms with Crippen molar-refractivity contribution in [1.82, 2.24) is 4.57 Å². The van der Waals surface area contributed by atoms with E-state index >= 15 is 0 Å². The Morgan fingerprint density at radius 3 is 1.43 bits per heavy atom. The van der Waals surface area contributed by atoms with Gasteiger partial charge in [0, 0.05) is 27.2 Å². The zero-order chi connectivity index (χ0) is 15.8. The van der Waals surface area contributed by atoms with Crippen molar-refractivity contribution in [2.24, 2.45) is 0 Å². The molecule has 0 aliphatic carbocycles. The van der Waals surface area contributed by atoms with Gasteiger partial charge in [-0.2, -0.15) is 0 Å². The zero-order valence-corrected chi connectivity index (χ0v) is 13.6. The first-order valence-electron chi connectivity index (χ1n) is 7.62. The summed E-state index contributed by atoms with van der Waals surface area (Å²) >= 11 is 0. The predicted molar refractivity (Wildman–Crippen MR) is 96.3 cm³/mol. The van der Waals surface area contributed by atoms with Crippen LogP contribution in [0, 0.1) is 0 Å². The van der Waals surface area contributed by atoms with E-state index in [2.05, 4.69) is 42.0 Å². The lowest BCUT2D eigenvalue weighted by Crippen LogP contribution is -2.22. The fourth-order valence-corrected chi connectivity index (χ4v) is 2.28. The van der Waals surface area contributed by atoms with E-state index in [9.17, 15) is 0 Å². The number of nitrogens with zero attached hydrogens (tertiary/aromatic N) is 1. The first kappa shape index (κ1) is 16.8. The fraction of sp³-hybridized carbons (Fsp3) is 0.200. The number of hydrogen-bond donors (Lipinski definition) is 0. The summed E-state index contributed by atoms with van der Waals surface area (Å²) in [5.74, 6) is 0. The van der Waals surface area contributed by atoms with Gasteiger partial charge in [0.15, 0.2) is 0 Å². The lowest BCUT2D eigenvalue weighted by atomic mass is 10.2. The Morgan fingerprint density at radius 2 is 1.00 bits per heavy atom.